The van der Waals surface area contributed by atoms with Crippen LogP contribution in [0.3, 0.4) is 0 Å². The highest BCUT2D eigenvalue weighted by Gasteiger charge is 2.36. The number of para-hydroxylation sites is 1. The zero-order valence-corrected chi connectivity index (χ0v) is 15.7. The van der Waals surface area contributed by atoms with Gasteiger partial charge in [0.1, 0.15) is 21.6 Å². The van der Waals surface area contributed by atoms with Gasteiger partial charge in [0.05, 0.1) is 18.8 Å². The number of nitrogens with zero attached hydrogens (tertiary/aromatic N) is 2. The molecule has 0 saturated heterocycles. The molecular formula is C21H20N2O3S. The molecule has 3 rings (SSSR count). The lowest BCUT2D eigenvalue weighted by Crippen LogP contribution is -2.13. The van der Waals surface area contributed by atoms with Crippen molar-refractivity contribution in [3.05, 3.63) is 77.6 Å². The average molecular weight is 380 g/mol. The van der Waals surface area contributed by atoms with Crippen molar-refractivity contribution in [1.82, 2.24) is 0 Å². The standard InChI is InChI=1S/C21H20N2O3S/c1-2-26-21(25)18-19(24)17(14-22-13-15-9-5-3-6-10-15)27-20(18)23-16-11-7-4-8-12-16/h3-12,14,17,24H,2,13H2,1H3/t17-/m0/s1. The van der Waals surface area contributed by atoms with E-state index in [2.05, 4.69) is 9.98 Å². The molecule has 138 valence electrons. The Morgan fingerprint density at radius 2 is 1.81 bits per heavy atom. The van der Waals surface area contributed by atoms with Gasteiger partial charge in [-0.05, 0) is 24.6 Å². The lowest BCUT2D eigenvalue weighted by molar-refractivity contribution is -0.138. The fourth-order valence-corrected chi connectivity index (χ4v) is 3.60. The smallest absolute Gasteiger partial charge is 0.344 e. The minimum Gasteiger partial charge on any atom is -0.510 e. The number of carbonyl (C=O) groups is 1. The minimum absolute atomic E-state index is 0.0649. The highest BCUT2D eigenvalue weighted by molar-refractivity contribution is 8.16. The molecule has 6 heteroatoms. The van der Waals surface area contributed by atoms with E-state index in [0.29, 0.717) is 17.3 Å². The maximum atomic E-state index is 12.3. The molecule has 1 aliphatic rings. The molecule has 1 atom stereocenters. The van der Waals surface area contributed by atoms with E-state index in [1.54, 1.807) is 13.1 Å². The second-order valence-electron chi connectivity index (χ2n) is 5.75. The molecule has 2 aromatic carbocycles. The van der Waals surface area contributed by atoms with E-state index < -0.39 is 11.2 Å². The summed E-state index contributed by atoms with van der Waals surface area (Å²) in [7, 11) is 0. The maximum absolute atomic E-state index is 12.3. The van der Waals surface area contributed by atoms with Crippen LogP contribution in [0.25, 0.3) is 0 Å². The molecule has 0 amide bonds. The van der Waals surface area contributed by atoms with E-state index in [4.69, 9.17) is 4.74 Å². The zero-order valence-electron chi connectivity index (χ0n) is 14.9. The lowest BCUT2D eigenvalue weighted by Gasteiger charge is -2.04. The molecule has 0 saturated carbocycles. The molecule has 0 bridgehead atoms. The third-order valence-corrected chi connectivity index (χ3v) is 4.92. The van der Waals surface area contributed by atoms with Crippen molar-refractivity contribution in [2.45, 2.75) is 18.7 Å². The first-order chi connectivity index (χ1) is 13.2. The fourth-order valence-electron chi connectivity index (χ4n) is 2.52. The van der Waals surface area contributed by atoms with Gasteiger partial charge in [-0.25, -0.2) is 9.79 Å². The number of aliphatic imine (C=N–C) groups is 2. The van der Waals surface area contributed by atoms with Crippen molar-refractivity contribution in [1.29, 1.82) is 0 Å². The van der Waals surface area contributed by atoms with Crippen molar-refractivity contribution >= 4 is 34.7 Å². The van der Waals surface area contributed by atoms with E-state index in [0.717, 1.165) is 5.56 Å². The first-order valence-corrected chi connectivity index (χ1v) is 9.52. The Morgan fingerprint density at radius 1 is 1.15 bits per heavy atom. The minimum atomic E-state index is -0.573. The number of aliphatic hydroxyl groups excluding tert-OH is 1. The third-order valence-electron chi connectivity index (χ3n) is 3.80. The van der Waals surface area contributed by atoms with Gasteiger partial charge in [0.25, 0.3) is 0 Å². The van der Waals surface area contributed by atoms with Gasteiger partial charge in [0.15, 0.2) is 0 Å². The average Bonchev–Trinajstić information content (AvgIpc) is 2.99. The number of esters is 1. The number of hydrogen-bond donors (Lipinski definition) is 1. The maximum Gasteiger partial charge on any atom is 0.344 e. The summed E-state index contributed by atoms with van der Waals surface area (Å²) in [5, 5.41) is 10.6. The van der Waals surface area contributed by atoms with Crippen LogP contribution < -0.4 is 0 Å². The van der Waals surface area contributed by atoms with Gasteiger partial charge in [-0.1, -0.05) is 60.3 Å². The van der Waals surface area contributed by atoms with Crippen LogP contribution in [0.5, 0.6) is 0 Å². The summed E-state index contributed by atoms with van der Waals surface area (Å²) in [6.07, 6.45) is 1.65. The molecule has 0 aliphatic carbocycles. The number of carbonyl (C=O) groups excluding carboxylic acids is 1. The molecule has 2 aromatic rings. The monoisotopic (exact) mass is 380 g/mol. The summed E-state index contributed by atoms with van der Waals surface area (Å²) >= 11 is 1.29. The summed E-state index contributed by atoms with van der Waals surface area (Å²) in [5.41, 5.74) is 1.89. The summed E-state index contributed by atoms with van der Waals surface area (Å²) in [6.45, 7) is 2.46. The van der Waals surface area contributed by atoms with Crippen LogP contribution in [0.1, 0.15) is 12.5 Å². The van der Waals surface area contributed by atoms with Gasteiger partial charge >= 0.3 is 5.97 Å². The molecular weight excluding hydrogens is 360 g/mol. The van der Waals surface area contributed by atoms with Crippen LogP contribution in [-0.2, 0) is 16.1 Å². The highest BCUT2D eigenvalue weighted by Crippen LogP contribution is 2.35. The second kappa shape index (κ2) is 9.19. The van der Waals surface area contributed by atoms with Gasteiger partial charge in [-0.15, -0.1) is 0 Å². The zero-order chi connectivity index (χ0) is 19.1. The van der Waals surface area contributed by atoms with Crippen LogP contribution in [0.2, 0.25) is 0 Å². The predicted octanol–water partition coefficient (Wildman–Crippen LogP) is 4.48. The summed E-state index contributed by atoms with van der Waals surface area (Å²) < 4.78 is 5.09. The van der Waals surface area contributed by atoms with Crippen LogP contribution >= 0.6 is 11.8 Å². The molecule has 1 heterocycles. The van der Waals surface area contributed by atoms with Gasteiger partial charge < -0.3 is 9.84 Å². The van der Waals surface area contributed by atoms with E-state index in [-0.39, 0.29) is 17.9 Å². The van der Waals surface area contributed by atoms with Crippen LogP contribution in [0, 0.1) is 0 Å². The van der Waals surface area contributed by atoms with E-state index in [9.17, 15) is 9.90 Å². The first kappa shape index (κ1) is 18.9. The third kappa shape index (κ3) is 4.86. The SMILES string of the molecule is CCOC(=O)C1=C(O)[C@H](C=NCc2ccccc2)SC1=Nc1ccccc1. The van der Waals surface area contributed by atoms with Crippen molar-refractivity contribution < 1.29 is 14.6 Å². The number of ether oxygens (including phenoxy) is 1. The van der Waals surface area contributed by atoms with Gasteiger partial charge in [0, 0.05) is 6.21 Å². The Balaban J connectivity index is 1.83. The Kier molecular flexibility index (Phi) is 6.44. The summed E-state index contributed by atoms with van der Waals surface area (Å²) in [6, 6.07) is 19.1. The number of thioether (sulfide) groups is 1. The van der Waals surface area contributed by atoms with E-state index in [1.807, 2.05) is 60.7 Å². The topological polar surface area (TPSA) is 71.2 Å². The fraction of sp³-hybridized carbons (Fsp3) is 0.190. The predicted molar refractivity (Wildman–Crippen MR) is 110 cm³/mol. The van der Waals surface area contributed by atoms with Crippen molar-refractivity contribution in [2.24, 2.45) is 9.98 Å². The summed E-state index contributed by atoms with van der Waals surface area (Å²) in [5.74, 6) is -0.638. The molecule has 27 heavy (non-hydrogen) atoms. The molecule has 0 unspecified atom stereocenters. The molecule has 0 aromatic heterocycles. The van der Waals surface area contributed by atoms with Crippen molar-refractivity contribution in [3.8, 4) is 0 Å². The summed E-state index contributed by atoms with van der Waals surface area (Å²) in [4.78, 5) is 21.2. The van der Waals surface area contributed by atoms with Crippen molar-refractivity contribution in [3.63, 3.8) is 0 Å². The number of aliphatic hydroxyl groups is 1. The molecule has 0 fully saturated rings. The highest BCUT2D eigenvalue weighted by atomic mass is 32.2. The first-order valence-electron chi connectivity index (χ1n) is 8.64. The Bertz CT molecular complexity index is 877. The van der Waals surface area contributed by atoms with Crippen LogP contribution in [0.15, 0.2) is 82.0 Å². The van der Waals surface area contributed by atoms with E-state index >= 15 is 0 Å². The van der Waals surface area contributed by atoms with Gasteiger partial charge in [-0.3, -0.25) is 4.99 Å². The number of benzene rings is 2. The number of hydrogen-bond acceptors (Lipinski definition) is 6. The van der Waals surface area contributed by atoms with E-state index in [1.165, 1.54) is 11.8 Å². The molecule has 5 nitrogen and oxygen atoms in total. The van der Waals surface area contributed by atoms with Crippen LogP contribution in [-0.4, -0.2) is 34.2 Å². The normalized spacial score (nSPS) is 18.4. The molecule has 0 radical (unpaired) electrons. The van der Waals surface area contributed by atoms with Crippen LogP contribution in [0.4, 0.5) is 5.69 Å². The molecule has 0 spiro atoms. The second-order valence-corrected chi connectivity index (χ2v) is 6.88. The quantitative estimate of drug-likeness (QED) is 0.592. The Morgan fingerprint density at radius 3 is 2.48 bits per heavy atom. The molecule has 1 aliphatic heterocycles. The van der Waals surface area contributed by atoms with Gasteiger partial charge in [-0.2, -0.15) is 0 Å². The Hall–Kier alpha value is -2.86. The molecule has 1 N–H and O–H groups in total. The largest absolute Gasteiger partial charge is 0.510 e. The lowest BCUT2D eigenvalue weighted by atomic mass is 10.2. The van der Waals surface area contributed by atoms with Gasteiger partial charge in [0.2, 0.25) is 0 Å². The Labute approximate surface area is 162 Å². The van der Waals surface area contributed by atoms with Crippen molar-refractivity contribution in [2.75, 3.05) is 6.61 Å². The number of rotatable bonds is 6.